The van der Waals surface area contributed by atoms with Gasteiger partial charge < -0.3 is 15.7 Å². The van der Waals surface area contributed by atoms with Crippen LogP contribution in [-0.2, 0) is 6.61 Å². The molecule has 0 aliphatic carbocycles. The van der Waals surface area contributed by atoms with Crippen molar-refractivity contribution in [2.45, 2.75) is 6.61 Å². The number of rotatable bonds is 4. The van der Waals surface area contributed by atoms with Gasteiger partial charge in [0.05, 0.1) is 8.95 Å². The van der Waals surface area contributed by atoms with Gasteiger partial charge in [-0.15, -0.1) is 0 Å². The fourth-order valence-corrected chi connectivity index (χ4v) is 4.14. The first-order valence-electron chi connectivity index (χ1n) is 5.72. The molecule has 0 fully saturated rings. The van der Waals surface area contributed by atoms with E-state index in [0.29, 0.717) is 11.4 Å². The lowest BCUT2D eigenvalue weighted by Gasteiger charge is -2.12. The molecule has 8 heteroatoms. The van der Waals surface area contributed by atoms with Crippen molar-refractivity contribution in [3.63, 3.8) is 0 Å². The molecule has 2 aromatic rings. The molecule has 1 aromatic carbocycles. The molecule has 0 saturated heterocycles. The van der Waals surface area contributed by atoms with Gasteiger partial charge in [-0.25, -0.2) is 0 Å². The van der Waals surface area contributed by atoms with Crippen LogP contribution in [0.25, 0.3) is 0 Å². The number of amidine groups is 1. The Labute approximate surface area is 146 Å². The molecule has 110 valence electrons. The Kier molecular flexibility index (Phi) is 5.60. The van der Waals surface area contributed by atoms with Crippen molar-refractivity contribution in [2.24, 2.45) is 10.9 Å². The number of pyridine rings is 1. The van der Waals surface area contributed by atoms with Gasteiger partial charge in [0.15, 0.2) is 5.84 Å². The van der Waals surface area contributed by atoms with E-state index in [4.69, 9.17) is 15.7 Å². The quantitative estimate of drug-likeness (QED) is 0.300. The summed E-state index contributed by atoms with van der Waals surface area (Å²) in [5, 5.41) is 11.8. The highest BCUT2D eigenvalue weighted by Gasteiger charge is 2.12. The van der Waals surface area contributed by atoms with E-state index in [2.05, 4.69) is 57.9 Å². The lowest BCUT2D eigenvalue weighted by atomic mass is 10.2. The van der Waals surface area contributed by atoms with E-state index >= 15 is 0 Å². The number of hydrogen-bond acceptors (Lipinski definition) is 4. The van der Waals surface area contributed by atoms with Crippen molar-refractivity contribution in [1.29, 1.82) is 0 Å². The summed E-state index contributed by atoms with van der Waals surface area (Å²) in [4.78, 5) is 4.09. The monoisotopic (exact) mass is 477 g/mol. The van der Waals surface area contributed by atoms with Crippen molar-refractivity contribution in [3.05, 3.63) is 55.1 Å². The molecular weight excluding hydrogens is 470 g/mol. The third-order valence-electron chi connectivity index (χ3n) is 2.58. The highest BCUT2D eigenvalue weighted by molar-refractivity contribution is 9.11. The van der Waals surface area contributed by atoms with Crippen molar-refractivity contribution >= 4 is 53.6 Å². The Balaban J connectivity index is 2.26. The van der Waals surface area contributed by atoms with Crippen LogP contribution in [0, 0.1) is 0 Å². The Morgan fingerprint density at radius 2 is 1.95 bits per heavy atom. The summed E-state index contributed by atoms with van der Waals surface area (Å²) in [6, 6.07) is 7.33. The topological polar surface area (TPSA) is 80.7 Å². The van der Waals surface area contributed by atoms with Crippen molar-refractivity contribution < 1.29 is 9.94 Å². The summed E-state index contributed by atoms with van der Waals surface area (Å²) in [5.41, 5.74) is 6.71. The molecule has 0 radical (unpaired) electrons. The number of nitrogens with two attached hydrogens (primary N) is 1. The normalized spacial score (nSPS) is 11.5. The molecule has 0 bridgehead atoms. The summed E-state index contributed by atoms with van der Waals surface area (Å²) >= 11 is 10.3. The van der Waals surface area contributed by atoms with Crippen LogP contribution in [0.1, 0.15) is 11.3 Å². The molecule has 0 atom stereocenters. The molecule has 0 saturated carbocycles. The summed E-state index contributed by atoms with van der Waals surface area (Å²) in [6.07, 6.45) is 1.57. The second-order valence-electron chi connectivity index (χ2n) is 3.98. The standard InChI is InChI=1S/C13H10Br3N3O2/c14-8-4-9(15)12(10(16)5-8)21-6-7-2-1-3-18-11(7)13(17)19-20/h1-5,20H,6H2,(H2,17,19). The van der Waals surface area contributed by atoms with Crippen LogP contribution >= 0.6 is 47.8 Å². The van der Waals surface area contributed by atoms with Crippen LogP contribution in [0.3, 0.4) is 0 Å². The average molecular weight is 480 g/mol. The molecule has 0 aliphatic heterocycles. The van der Waals surface area contributed by atoms with E-state index < -0.39 is 0 Å². The van der Waals surface area contributed by atoms with Gasteiger partial charge in [-0.1, -0.05) is 27.2 Å². The first-order chi connectivity index (χ1) is 10.0. The van der Waals surface area contributed by atoms with E-state index in [1.165, 1.54) is 0 Å². The van der Waals surface area contributed by atoms with E-state index in [1.807, 2.05) is 12.1 Å². The number of ether oxygens (including phenoxy) is 1. The molecule has 21 heavy (non-hydrogen) atoms. The first kappa shape index (κ1) is 16.3. The number of halogens is 3. The number of hydrogen-bond donors (Lipinski definition) is 2. The second kappa shape index (κ2) is 7.24. The fourth-order valence-electron chi connectivity index (χ4n) is 1.65. The van der Waals surface area contributed by atoms with E-state index in [1.54, 1.807) is 18.3 Å². The number of nitrogens with zero attached hydrogens (tertiary/aromatic N) is 2. The van der Waals surface area contributed by atoms with Gasteiger partial charge in [-0.2, -0.15) is 0 Å². The molecule has 0 aliphatic rings. The molecule has 1 heterocycles. The van der Waals surface area contributed by atoms with Gasteiger partial charge in [0.1, 0.15) is 18.1 Å². The third-order valence-corrected chi connectivity index (χ3v) is 4.21. The van der Waals surface area contributed by atoms with Gasteiger partial charge in [-0.05, 0) is 50.1 Å². The number of aromatic nitrogens is 1. The van der Waals surface area contributed by atoms with Crippen LogP contribution in [0.4, 0.5) is 0 Å². The average Bonchev–Trinajstić information content (AvgIpc) is 2.45. The molecule has 1 aromatic heterocycles. The maximum Gasteiger partial charge on any atom is 0.189 e. The summed E-state index contributed by atoms with van der Waals surface area (Å²) in [6.45, 7) is 0.234. The molecular formula is C13H10Br3N3O2. The highest BCUT2D eigenvalue weighted by atomic mass is 79.9. The lowest BCUT2D eigenvalue weighted by molar-refractivity contribution is 0.300. The van der Waals surface area contributed by atoms with Gasteiger partial charge in [0.2, 0.25) is 0 Å². The predicted molar refractivity (Wildman–Crippen MR) is 90.6 cm³/mol. The van der Waals surface area contributed by atoms with E-state index in [9.17, 15) is 0 Å². The Morgan fingerprint density at radius 1 is 1.29 bits per heavy atom. The van der Waals surface area contributed by atoms with Crippen LogP contribution < -0.4 is 10.5 Å². The fraction of sp³-hybridized carbons (Fsp3) is 0.0769. The molecule has 0 spiro atoms. The van der Waals surface area contributed by atoms with E-state index in [0.717, 1.165) is 19.0 Å². The van der Waals surface area contributed by atoms with Crippen LogP contribution in [0.15, 0.2) is 49.0 Å². The maximum atomic E-state index is 8.78. The summed E-state index contributed by atoms with van der Waals surface area (Å²) < 4.78 is 8.33. The summed E-state index contributed by atoms with van der Waals surface area (Å²) in [5.74, 6) is 0.607. The minimum Gasteiger partial charge on any atom is -0.486 e. The van der Waals surface area contributed by atoms with Crippen LogP contribution in [-0.4, -0.2) is 16.0 Å². The highest BCUT2D eigenvalue weighted by Crippen LogP contribution is 2.36. The van der Waals surface area contributed by atoms with Gasteiger partial charge in [0, 0.05) is 16.2 Å². The molecule has 2 rings (SSSR count). The minimum atomic E-state index is -0.0527. The van der Waals surface area contributed by atoms with Crippen molar-refractivity contribution in [3.8, 4) is 5.75 Å². The largest absolute Gasteiger partial charge is 0.486 e. The maximum absolute atomic E-state index is 8.78. The Hall–Kier alpha value is -1.12. The van der Waals surface area contributed by atoms with Gasteiger partial charge >= 0.3 is 0 Å². The lowest BCUT2D eigenvalue weighted by Crippen LogP contribution is -2.18. The van der Waals surface area contributed by atoms with Crippen LogP contribution in [0.2, 0.25) is 0 Å². The molecule has 5 nitrogen and oxygen atoms in total. The molecule has 0 amide bonds. The SMILES string of the molecule is NC(=NO)c1ncccc1COc1c(Br)cc(Br)cc1Br. The second-order valence-corrected chi connectivity index (χ2v) is 6.61. The number of benzene rings is 1. The van der Waals surface area contributed by atoms with E-state index in [-0.39, 0.29) is 12.4 Å². The third kappa shape index (κ3) is 3.96. The molecule has 0 unspecified atom stereocenters. The predicted octanol–water partition coefficient (Wildman–Crippen LogP) is 4.04. The zero-order chi connectivity index (χ0) is 15.4. The van der Waals surface area contributed by atoms with Crippen molar-refractivity contribution in [2.75, 3.05) is 0 Å². The van der Waals surface area contributed by atoms with Gasteiger partial charge in [-0.3, -0.25) is 4.98 Å². The molecule has 3 N–H and O–H groups in total. The van der Waals surface area contributed by atoms with Crippen molar-refractivity contribution in [1.82, 2.24) is 4.98 Å². The minimum absolute atomic E-state index is 0.0527. The number of oxime groups is 1. The Bertz CT molecular complexity index is 669. The van der Waals surface area contributed by atoms with Gasteiger partial charge in [0.25, 0.3) is 0 Å². The summed E-state index contributed by atoms with van der Waals surface area (Å²) in [7, 11) is 0. The Morgan fingerprint density at radius 3 is 2.57 bits per heavy atom. The zero-order valence-corrected chi connectivity index (χ0v) is 15.3. The zero-order valence-electron chi connectivity index (χ0n) is 10.6. The van der Waals surface area contributed by atoms with Crippen LogP contribution in [0.5, 0.6) is 5.75 Å². The smallest absolute Gasteiger partial charge is 0.189 e. The first-order valence-corrected chi connectivity index (χ1v) is 8.10.